The number of nitrogens with zero attached hydrogens (tertiary/aromatic N) is 6. The molecule has 5 unspecified atom stereocenters. The highest BCUT2D eigenvalue weighted by Gasteiger charge is 2.48. The number of piperidine rings is 1. The third-order valence-corrected chi connectivity index (χ3v) is 8.38. The number of nitrogens with one attached hydrogen (secondary N) is 1. The molecular weight excluding hydrogens is 602 g/mol. The first kappa shape index (κ1) is 32.6. The van der Waals surface area contributed by atoms with Crippen molar-refractivity contribution in [2.24, 2.45) is 5.92 Å². The van der Waals surface area contributed by atoms with Crippen LogP contribution in [0.2, 0.25) is 0 Å². The van der Waals surface area contributed by atoms with Gasteiger partial charge in [-0.1, -0.05) is 12.1 Å². The first-order chi connectivity index (χ1) is 22.0. The van der Waals surface area contributed by atoms with Gasteiger partial charge >= 0.3 is 12.0 Å². The summed E-state index contributed by atoms with van der Waals surface area (Å²) in [5.41, 5.74) is 1.43. The van der Waals surface area contributed by atoms with E-state index in [1.165, 1.54) is 28.9 Å². The van der Waals surface area contributed by atoms with Crippen LogP contribution in [0.15, 0.2) is 36.8 Å². The van der Waals surface area contributed by atoms with Crippen LogP contribution in [0.5, 0.6) is 5.75 Å². The Morgan fingerprint density at radius 1 is 1.13 bits per heavy atom. The molecular formula is C30H35N7O9. The number of hydrogen-bond acceptors (Lipinski definition) is 12. The number of carbonyl (C=O) groups excluding carboxylic acids is 2. The number of amides is 2. The minimum atomic E-state index is -1.88. The number of fused-ring (bicyclic) bond motifs is 1. The minimum absolute atomic E-state index is 0.0371. The lowest BCUT2D eigenvalue weighted by Gasteiger charge is -2.38. The molecule has 0 bridgehead atoms. The van der Waals surface area contributed by atoms with Crippen molar-refractivity contribution in [1.29, 1.82) is 5.26 Å². The number of hydrogen-bond donors (Lipinski definition) is 5. The summed E-state index contributed by atoms with van der Waals surface area (Å²) in [6, 6.07) is 7.69. The van der Waals surface area contributed by atoms with Crippen LogP contribution < -0.4 is 15.0 Å². The predicted octanol–water partition coefficient (Wildman–Crippen LogP) is 0.543. The van der Waals surface area contributed by atoms with Gasteiger partial charge in [-0.2, -0.15) is 5.26 Å². The van der Waals surface area contributed by atoms with Gasteiger partial charge in [0.1, 0.15) is 42.6 Å². The lowest BCUT2D eigenvalue weighted by Crippen LogP contribution is -2.61. The van der Waals surface area contributed by atoms with Crippen LogP contribution in [0.4, 0.5) is 16.3 Å². The van der Waals surface area contributed by atoms with E-state index >= 15 is 0 Å². The molecule has 0 spiro atoms. The highest BCUT2D eigenvalue weighted by Crippen LogP contribution is 2.34. The monoisotopic (exact) mass is 637 g/mol. The van der Waals surface area contributed by atoms with Gasteiger partial charge in [0.25, 0.3) is 0 Å². The number of rotatable bonds is 8. The molecule has 4 heterocycles. The van der Waals surface area contributed by atoms with E-state index in [1.807, 2.05) is 6.07 Å². The smallest absolute Gasteiger partial charge is 0.335 e. The molecule has 5 atom stereocenters. The number of carboxylic acids is 1. The molecule has 2 aliphatic rings. The number of likely N-dealkylation sites (tertiary alicyclic amines) is 1. The van der Waals surface area contributed by atoms with Crippen LogP contribution in [-0.4, -0.2) is 116 Å². The Morgan fingerprint density at radius 2 is 1.85 bits per heavy atom. The summed E-state index contributed by atoms with van der Waals surface area (Å²) in [7, 11) is 3.22. The molecule has 16 heteroatoms. The molecule has 0 radical (unpaired) electrons. The van der Waals surface area contributed by atoms with Crippen molar-refractivity contribution in [2.75, 3.05) is 37.4 Å². The number of aliphatic hydroxyl groups is 3. The number of aliphatic hydroxyl groups excluding tert-OH is 3. The molecule has 2 fully saturated rings. The second-order valence-electron chi connectivity index (χ2n) is 11.2. The van der Waals surface area contributed by atoms with E-state index in [9.17, 15) is 34.8 Å². The molecule has 46 heavy (non-hydrogen) atoms. The molecule has 5 rings (SSSR count). The standard InChI is InChI=1S/C30H35N7O9/c1-32-26-21-17(13-16-8-11-36(12-9-16)20(38)7-10-31)14-37(27(21)34-15-33-26)30(44)35(2)18-5-3-4-6-19(18)45-29-24(41)22(39)23(40)25(46-29)28(42)43/h3-6,14-16,22-25,29,39-41H,7-9,11-13H2,1-2H3,(H,42,43)(H,32,33,34). The number of aliphatic carboxylic acids is 1. The predicted molar refractivity (Wildman–Crippen MR) is 161 cm³/mol. The van der Waals surface area contributed by atoms with Gasteiger partial charge in [0.05, 0.1) is 17.1 Å². The number of aromatic nitrogens is 3. The fraction of sp³-hybridized carbons (Fsp3) is 0.467. The first-order valence-electron chi connectivity index (χ1n) is 14.7. The molecule has 0 saturated carbocycles. The Morgan fingerprint density at radius 3 is 2.52 bits per heavy atom. The van der Waals surface area contributed by atoms with E-state index in [4.69, 9.17) is 14.7 Å². The number of carboxylic acid groups (broad SMARTS) is 1. The molecule has 2 amide bonds. The van der Waals surface area contributed by atoms with Gasteiger partial charge < -0.3 is 40.1 Å². The summed E-state index contributed by atoms with van der Waals surface area (Å²) in [6.45, 7) is 1.08. The summed E-state index contributed by atoms with van der Waals surface area (Å²) >= 11 is 0. The Hall–Kier alpha value is -4.82. The van der Waals surface area contributed by atoms with Crippen LogP contribution in [0.3, 0.4) is 0 Å². The fourth-order valence-corrected chi connectivity index (χ4v) is 5.88. The molecule has 5 N–H and O–H groups in total. The molecule has 2 aromatic heterocycles. The molecule has 2 saturated heterocycles. The van der Waals surface area contributed by atoms with E-state index in [2.05, 4.69) is 15.3 Å². The average molecular weight is 638 g/mol. The van der Waals surface area contributed by atoms with Crippen molar-refractivity contribution >= 4 is 40.4 Å². The third kappa shape index (κ3) is 6.30. The Bertz CT molecular complexity index is 1650. The van der Waals surface area contributed by atoms with Gasteiger partial charge in [-0.15, -0.1) is 0 Å². The summed E-state index contributed by atoms with van der Waals surface area (Å²) < 4.78 is 12.4. The quantitative estimate of drug-likeness (QED) is 0.228. The van der Waals surface area contributed by atoms with E-state index < -0.39 is 42.7 Å². The van der Waals surface area contributed by atoms with Crippen molar-refractivity contribution in [1.82, 2.24) is 19.4 Å². The van der Waals surface area contributed by atoms with Crippen molar-refractivity contribution in [3.63, 3.8) is 0 Å². The van der Waals surface area contributed by atoms with Gasteiger partial charge in [-0.3, -0.25) is 14.3 Å². The molecule has 2 aliphatic heterocycles. The van der Waals surface area contributed by atoms with Crippen LogP contribution in [0, 0.1) is 17.2 Å². The summed E-state index contributed by atoms with van der Waals surface area (Å²) in [5, 5.41) is 52.7. The zero-order valence-electron chi connectivity index (χ0n) is 25.2. The van der Waals surface area contributed by atoms with Gasteiger partial charge in [0, 0.05) is 33.4 Å². The van der Waals surface area contributed by atoms with Crippen molar-refractivity contribution < 1.29 is 44.3 Å². The molecule has 3 aromatic rings. The van der Waals surface area contributed by atoms with Gasteiger partial charge in [-0.25, -0.2) is 19.6 Å². The van der Waals surface area contributed by atoms with Crippen LogP contribution in [0.1, 0.15) is 24.8 Å². The van der Waals surface area contributed by atoms with Gasteiger partial charge in [0.2, 0.25) is 12.2 Å². The molecule has 244 valence electrons. The van der Waals surface area contributed by atoms with E-state index in [-0.39, 0.29) is 29.7 Å². The number of nitriles is 1. The number of carbonyl (C=O) groups is 3. The second kappa shape index (κ2) is 13.7. The highest BCUT2D eigenvalue weighted by atomic mass is 16.7. The normalized spacial score (nSPS) is 23.5. The minimum Gasteiger partial charge on any atom is -0.479 e. The molecule has 16 nitrogen and oxygen atoms in total. The SMILES string of the molecule is CNc1ncnc2c1c(CC1CCN(C(=O)CC#N)CC1)cn2C(=O)N(C)c1ccccc1OC1OC(C(=O)O)C(O)C(O)C1O. The Balaban J connectivity index is 1.40. The topological polar surface area (TPSA) is 224 Å². The second-order valence-corrected chi connectivity index (χ2v) is 11.2. The number of benzene rings is 1. The Labute approximate surface area is 263 Å². The van der Waals surface area contributed by atoms with E-state index in [0.29, 0.717) is 36.4 Å². The largest absolute Gasteiger partial charge is 0.479 e. The lowest BCUT2D eigenvalue weighted by atomic mass is 9.90. The van der Waals surface area contributed by atoms with Crippen molar-refractivity contribution in [3.8, 4) is 11.8 Å². The molecule has 0 aliphatic carbocycles. The maximum atomic E-state index is 14.0. The fourth-order valence-electron chi connectivity index (χ4n) is 5.88. The summed E-state index contributed by atoms with van der Waals surface area (Å²) in [5.74, 6) is -0.945. The van der Waals surface area contributed by atoms with E-state index in [0.717, 1.165) is 18.4 Å². The van der Waals surface area contributed by atoms with Crippen molar-refractivity contribution in [2.45, 2.75) is 56.4 Å². The summed E-state index contributed by atoms with van der Waals surface area (Å²) in [4.78, 5) is 49.5. The van der Waals surface area contributed by atoms with Crippen molar-refractivity contribution in [3.05, 3.63) is 42.4 Å². The third-order valence-electron chi connectivity index (χ3n) is 8.38. The van der Waals surface area contributed by atoms with E-state index in [1.54, 1.807) is 36.3 Å². The maximum absolute atomic E-state index is 14.0. The maximum Gasteiger partial charge on any atom is 0.335 e. The van der Waals surface area contributed by atoms with Gasteiger partial charge in [0.15, 0.2) is 11.8 Å². The first-order valence-corrected chi connectivity index (χ1v) is 14.7. The average Bonchev–Trinajstić information content (AvgIpc) is 3.43. The van der Waals surface area contributed by atoms with Crippen LogP contribution in [-0.2, 0) is 20.7 Å². The highest BCUT2D eigenvalue weighted by molar-refractivity contribution is 6.02. The zero-order chi connectivity index (χ0) is 33.1. The molecule has 1 aromatic carbocycles. The Kier molecular flexibility index (Phi) is 9.68. The van der Waals surface area contributed by atoms with Crippen LogP contribution in [0.25, 0.3) is 11.0 Å². The zero-order valence-corrected chi connectivity index (χ0v) is 25.2. The lowest BCUT2D eigenvalue weighted by molar-refractivity contribution is -0.271. The van der Waals surface area contributed by atoms with Crippen LogP contribution >= 0.6 is 0 Å². The summed E-state index contributed by atoms with van der Waals surface area (Å²) in [6.07, 6.45) is -4.09. The number of ether oxygens (including phenoxy) is 2. The number of anilines is 2. The van der Waals surface area contributed by atoms with Gasteiger partial charge in [-0.05, 0) is 42.9 Å². The number of para-hydroxylation sites is 2.